The Morgan fingerprint density at radius 2 is 2.03 bits per heavy atom. The number of sulfonamides is 1. The number of carboxylic acids is 1. The van der Waals surface area contributed by atoms with Gasteiger partial charge in [-0.1, -0.05) is 13.0 Å². The van der Waals surface area contributed by atoms with Crippen LogP contribution in [0.1, 0.15) is 40.4 Å². The molecule has 2 aromatic heterocycles. The van der Waals surface area contributed by atoms with Gasteiger partial charge in [0, 0.05) is 24.8 Å². The lowest BCUT2D eigenvalue weighted by molar-refractivity contribution is 0.0689. The number of ether oxygens (including phenoxy) is 1. The van der Waals surface area contributed by atoms with Gasteiger partial charge in [-0.2, -0.15) is 5.10 Å². The van der Waals surface area contributed by atoms with Crippen LogP contribution in [-0.2, 0) is 17.1 Å². The summed E-state index contributed by atoms with van der Waals surface area (Å²) in [6, 6.07) is 8.42. The highest BCUT2D eigenvalue weighted by Crippen LogP contribution is 2.32. The molecule has 0 aliphatic rings. The van der Waals surface area contributed by atoms with Crippen LogP contribution in [0.15, 0.2) is 46.7 Å². The fourth-order valence-corrected chi connectivity index (χ4v) is 4.75. The number of carboxylic acid groups (broad SMARTS) is 1. The van der Waals surface area contributed by atoms with Gasteiger partial charge in [0.25, 0.3) is 5.91 Å². The molecule has 1 atom stereocenters. The van der Waals surface area contributed by atoms with Gasteiger partial charge in [-0.25, -0.2) is 22.6 Å². The van der Waals surface area contributed by atoms with E-state index in [2.05, 4.69) is 15.1 Å². The van der Waals surface area contributed by atoms with Crippen molar-refractivity contribution in [2.75, 3.05) is 5.32 Å². The van der Waals surface area contributed by atoms with Crippen molar-refractivity contribution in [1.82, 2.24) is 14.5 Å². The van der Waals surface area contributed by atoms with Gasteiger partial charge in [0.15, 0.2) is 5.69 Å². The van der Waals surface area contributed by atoms with Gasteiger partial charge in [0.1, 0.15) is 10.6 Å². The highest BCUT2D eigenvalue weighted by atomic mass is 32.2. The van der Waals surface area contributed by atoms with E-state index in [0.29, 0.717) is 11.3 Å². The predicted octanol–water partition coefficient (Wildman–Crippen LogP) is 3.30. The molecule has 0 spiro atoms. The van der Waals surface area contributed by atoms with Crippen molar-refractivity contribution in [3.8, 4) is 11.6 Å². The third-order valence-corrected chi connectivity index (χ3v) is 6.95. The van der Waals surface area contributed by atoms with Crippen LogP contribution in [0.3, 0.4) is 0 Å². The highest BCUT2D eigenvalue weighted by Gasteiger charge is 2.24. The van der Waals surface area contributed by atoms with E-state index in [9.17, 15) is 18.0 Å². The Bertz CT molecular complexity index is 1240. The van der Waals surface area contributed by atoms with E-state index in [1.165, 1.54) is 47.3 Å². The molecule has 3 aromatic rings. The number of carbonyl (C=O) groups excluding carboxylic acids is 1. The first-order valence-electron chi connectivity index (χ1n) is 9.57. The fraction of sp³-hybridized carbons (Fsp3) is 0.250. The van der Waals surface area contributed by atoms with Crippen LogP contribution < -0.4 is 14.8 Å². The average molecular weight is 479 g/mol. The van der Waals surface area contributed by atoms with E-state index in [1.54, 1.807) is 24.4 Å². The molecule has 0 radical (unpaired) electrons. The molecule has 170 valence electrons. The Morgan fingerprint density at radius 3 is 2.62 bits per heavy atom. The SMILES string of the molecule is CC[C@@H](C)NS(=O)(=O)c1cc(NC(=O)c2cccs2)ccc1Oc1cc(C(=O)O)nn1C. The summed E-state index contributed by atoms with van der Waals surface area (Å²) >= 11 is 1.26. The fourth-order valence-electron chi connectivity index (χ4n) is 2.66. The number of thiophene rings is 1. The van der Waals surface area contributed by atoms with Gasteiger partial charge >= 0.3 is 5.97 Å². The summed E-state index contributed by atoms with van der Waals surface area (Å²) in [5.74, 6) is -1.62. The quantitative estimate of drug-likeness (QED) is 0.429. The summed E-state index contributed by atoms with van der Waals surface area (Å²) in [7, 11) is -2.55. The van der Waals surface area contributed by atoms with E-state index >= 15 is 0 Å². The first kappa shape index (κ1) is 23.4. The summed E-state index contributed by atoms with van der Waals surface area (Å²) in [5, 5.41) is 17.4. The smallest absolute Gasteiger partial charge is 0.356 e. The number of hydrogen-bond donors (Lipinski definition) is 3. The Balaban J connectivity index is 2.00. The molecule has 3 N–H and O–H groups in total. The zero-order chi connectivity index (χ0) is 23.5. The lowest BCUT2D eigenvalue weighted by Crippen LogP contribution is -2.32. The molecule has 0 saturated carbocycles. The highest BCUT2D eigenvalue weighted by molar-refractivity contribution is 7.89. The van der Waals surface area contributed by atoms with Crippen LogP contribution >= 0.6 is 11.3 Å². The number of benzene rings is 1. The molecule has 0 saturated heterocycles. The predicted molar refractivity (Wildman–Crippen MR) is 119 cm³/mol. The topological polar surface area (TPSA) is 140 Å². The van der Waals surface area contributed by atoms with E-state index in [0.717, 1.165) is 0 Å². The number of carbonyl (C=O) groups is 2. The van der Waals surface area contributed by atoms with Crippen molar-refractivity contribution in [3.05, 3.63) is 52.3 Å². The second kappa shape index (κ2) is 9.51. The number of anilines is 1. The molecular weight excluding hydrogens is 456 g/mol. The number of aromatic nitrogens is 2. The lowest BCUT2D eigenvalue weighted by Gasteiger charge is -2.16. The molecule has 0 bridgehead atoms. The minimum absolute atomic E-state index is 0.0396. The summed E-state index contributed by atoms with van der Waals surface area (Å²) < 4.78 is 35.6. The average Bonchev–Trinajstić information content (AvgIpc) is 3.39. The minimum Gasteiger partial charge on any atom is -0.476 e. The molecule has 32 heavy (non-hydrogen) atoms. The molecule has 0 fully saturated rings. The van der Waals surface area contributed by atoms with Gasteiger partial charge in [-0.15, -0.1) is 11.3 Å². The molecule has 12 heteroatoms. The molecule has 2 heterocycles. The molecule has 1 aromatic carbocycles. The van der Waals surface area contributed by atoms with Gasteiger partial charge in [-0.3, -0.25) is 4.79 Å². The van der Waals surface area contributed by atoms with E-state index < -0.39 is 16.0 Å². The second-order valence-electron chi connectivity index (χ2n) is 6.92. The standard InChI is InChI=1S/C20H22N4O6S2/c1-4-12(2)23-32(28,29)17-10-13(21-19(25)16-6-5-9-31-16)7-8-15(17)30-18-11-14(20(26)27)22-24(18)3/h5-12,23H,4H2,1-3H3,(H,21,25)(H,26,27)/t12-/m1/s1. The lowest BCUT2D eigenvalue weighted by atomic mass is 10.3. The summed E-state index contributed by atoms with van der Waals surface area (Å²) in [5.41, 5.74) is 0.0148. The Labute approximate surface area is 188 Å². The number of nitrogens with zero attached hydrogens (tertiary/aromatic N) is 2. The summed E-state index contributed by atoms with van der Waals surface area (Å²) in [4.78, 5) is 23.8. The van der Waals surface area contributed by atoms with Crippen molar-refractivity contribution >= 4 is 38.9 Å². The number of aryl methyl sites for hydroxylation is 1. The normalized spacial score (nSPS) is 12.3. The molecule has 0 aliphatic heterocycles. The third-order valence-electron chi connectivity index (χ3n) is 4.48. The molecule has 0 unspecified atom stereocenters. The number of aromatic carboxylic acids is 1. The molecule has 3 rings (SSSR count). The zero-order valence-corrected chi connectivity index (χ0v) is 19.2. The molecule has 0 aliphatic carbocycles. The van der Waals surface area contributed by atoms with Crippen LogP contribution in [0.2, 0.25) is 0 Å². The maximum atomic E-state index is 13.1. The number of rotatable bonds is 9. The summed E-state index contributed by atoms with van der Waals surface area (Å²) in [6.07, 6.45) is 0.563. The van der Waals surface area contributed by atoms with Crippen LogP contribution in [0, 0.1) is 0 Å². The van der Waals surface area contributed by atoms with Crippen molar-refractivity contribution < 1.29 is 27.9 Å². The van der Waals surface area contributed by atoms with Gasteiger partial charge < -0.3 is 15.2 Å². The van der Waals surface area contributed by atoms with Crippen molar-refractivity contribution in [1.29, 1.82) is 0 Å². The maximum Gasteiger partial charge on any atom is 0.356 e. The van der Waals surface area contributed by atoms with Crippen LogP contribution in [0.5, 0.6) is 11.6 Å². The zero-order valence-electron chi connectivity index (χ0n) is 17.5. The van der Waals surface area contributed by atoms with Crippen LogP contribution in [-0.4, -0.2) is 41.2 Å². The Morgan fingerprint density at radius 1 is 1.28 bits per heavy atom. The van der Waals surface area contributed by atoms with E-state index in [4.69, 9.17) is 9.84 Å². The summed E-state index contributed by atoms with van der Waals surface area (Å²) in [6.45, 7) is 3.56. The van der Waals surface area contributed by atoms with E-state index in [-0.39, 0.29) is 39.9 Å². The van der Waals surface area contributed by atoms with Gasteiger partial charge in [0.2, 0.25) is 15.9 Å². The number of hydrogen-bond acceptors (Lipinski definition) is 7. The van der Waals surface area contributed by atoms with Crippen molar-refractivity contribution in [3.63, 3.8) is 0 Å². The minimum atomic E-state index is -4.03. The Kier molecular flexibility index (Phi) is 6.96. The first-order chi connectivity index (χ1) is 15.1. The number of nitrogens with one attached hydrogen (secondary N) is 2. The number of amides is 1. The molecular formula is C20H22N4O6S2. The maximum absolute atomic E-state index is 13.1. The molecule has 10 nitrogen and oxygen atoms in total. The van der Waals surface area contributed by atoms with E-state index in [1.807, 2.05) is 6.92 Å². The third kappa shape index (κ3) is 5.33. The second-order valence-corrected chi connectivity index (χ2v) is 9.55. The van der Waals surface area contributed by atoms with Gasteiger partial charge in [0.05, 0.1) is 4.88 Å². The van der Waals surface area contributed by atoms with Crippen molar-refractivity contribution in [2.24, 2.45) is 7.05 Å². The van der Waals surface area contributed by atoms with Gasteiger partial charge in [-0.05, 0) is 43.0 Å². The molecule has 1 amide bonds. The van der Waals surface area contributed by atoms with Crippen LogP contribution in [0.25, 0.3) is 0 Å². The monoisotopic (exact) mass is 478 g/mol. The largest absolute Gasteiger partial charge is 0.476 e. The van der Waals surface area contributed by atoms with Crippen molar-refractivity contribution in [2.45, 2.75) is 31.2 Å². The first-order valence-corrected chi connectivity index (χ1v) is 11.9. The Hall–Kier alpha value is -3.22. The van der Waals surface area contributed by atoms with Crippen LogP contribution in [0.4, 0.5) is 5.69 Å².